The molecular formula is C15H14N4O3. The number of carbonyl (C=O) groups is 2. The first-order valence-electron chi connectivity index (χ1n) is 6.87. The van der Waals surface area contributed by atoms with Gasteiger partial charge in [0.1, 0.15) is 5.69 Å². The molecule has 1 aliphatic heterocycles. The van der Waals surface area contributed by atoms with Crippen LogP contribution in [0.2, 0.25) is 0 Å². The summed E-state index contributed by atoms with van der Waals surface area (Å²) in [5.41, 5.74) is 2.71. The van der Waals surface area contributed by atoms with Crippen molar-refractivity contribution in [1.29, 1.82) is 0 Å². The SMILES string of the molecule is O=C1Cc2cc(CCNC(=O)c3ccc(=O)[nH]n3)ccc2N1. The van der Waals surface area contributed by atoms with E-state index < -0.39 is 0 Å². The van der Waals surface area contributed by atoms with Crippen LogP contribution in [0.1, 0.15) is 21.6 Å². The Bertz CT molecular complexity index is 777. The van der Waals surface area contributed by atoms with Gasteiger partial charge in [-0.3, -0.25) is 14.4 Å². The topological polar surface area (TPSA) is 104 Å². The average molecular weight is 298 g/mol. The van der Waals surface area contributed by atoms with Gasteiger partial charge in [0, 0.05) is 18.3 Å². The number of carbonyl (C=O) groups excluding carboxylic acids is 2. The van der Waals surface area contributed by atoms with Gasteiger partial charge in [0.25, 0.3) is 11.5 Å². The third-order valence-electron chi connectivity index (χ3n) is 3.41. The fourth-order valence-corrected chi connectivity index (χ4v) is 2.32. The summed E-state index contributed by atoms with van der Waals surface area (Å²) in [6.45, 7) is 0.444. The third kappa shape index (κ3) is 3.03. The Balaban J connectivity index is 1.56. The van der Waals surface area contributed by atoms with Crippen LogP contribution in [0.15, 0.2) is 35.1 Å². The summed E-state index contributed by atoms with van der Waals surface area (Å²) in [5.74, 6) is -0.334. The molecule has 1 aliphatic rings. The van der Waals surface area contributed by atoms with Crippen LogP contribution in [0.4, 0.5) is 5.69 Å². The van der Waals surface area contributed by atoms with Gasteiger partial charge < -0.3 is 10.6 Å². The molecule has 3 rings (SSSR count). The van der Waals surface area contributed by atoms with E-state index in [1.807, 2.05) is 18.2 Å². The lowest BCUT2D eigenvalue weighted by Crippen LogP contribution is -2.27. The molecule has 7 nitrogen and oxygen atoms in total. The maximum Gasteiger partial charge on any atom is 0.271 e. The molecule has 0 aliphatic carbocycles. The van der Waals surface area contributed by atoms with Crippen LogP contribution in [0, 0.1) is 0 Å². The number of amides is 2. The van der Waals surface area contributed by atoms with Gasteiger partial charge in [-0.15, -0.1) is 0 Å². The van der Waals surface area contributed by atoms with Gasteiger partial charge in [-0.1, -0.05) is 12.1 Å². The van der Waals surface area contributed by atoms with Crippen molar-refractivity contribution in [3.8, 4) is 0 Å². The van der Waals surface area contributed by atoms with Crippen LogP contribution in [-0.2, 0) is 17.6 Å². The smallest absolute Gasteiger partial charge is 0.271 e. The van der Waals surface area contributed by atoms with E-state index in [0.717, 1.165) is 16.8 Å². The molecule has 0 bridgehead atoms. The Morgan fingerprint density at radius 3 is 2.86 bits per heavy atom. The van der Waals surface area contributed by atoms with Crippen molar-refractivity contribution in [3.63, 3.8) is 0 Å². The van der Waals surface area contributed by atoms with Crippen molar-refractivity contribution < 1.29 is 9.59 Å². The van der Waals surface area contributed by atoms with Crippen LogP contribution < -0.4 is 16.2 Å². The number of anilines is 1. The number of aromatic nitrogens is 2. The van der Waals surface area contributed by atoms with E-state index in [9.17, 15) is 14.4 Å². The number of nitrogens with one attached hydrogen (secondary N) is 3. The molecule has 0 unspecified atom stereocenters. The van der Waals surface area contributed by atoms with Crippen molar-refractivity contribution in [2.45, 2.75) is 12.8 Å². The molecule has 2 amide bonds. The highest BCUT2D eigenvalue weighted by Gasteiger charge is 2.17. The minimum absolute atomic E-state index is 0.00426. The molecule has 112 valence electrons. The second kappa shape index (κ2) is 5.80. The standard InChI is InChI=1S/C15H14N4O3/c20-13-4-3-12(18-19-13)15(22)16-6-5-9-1-2-11-10(7-9)8-14(21)17-11/h1-4,7H,5-6,8H2,(H,16,22)(H,17,21)(H,19,20). The Labute approximate surface area is 125 Å². The fourth-order valence-electron chi connectivity index (χ4n) is 2.32. The summed E-state index contributed by atoms with van der Waals surface area (Å²) in [7, 11) is 0. The van der Waals surface area contributed by atoms with E-state index >= 15 is 0 Å². The molecule has 0 radical (unpaired) electrons. The molecule has 7 heteroatoms. The van der Waals surface area contributed by atoms with Gasteiger partial charge in [-0.05, 0) is 29.7 Å². The maximum absolute atomic E-state index is 11.8. The predicted octanol–water partition coefficient (Wildman–Crippen LogP) is 0.237. The van der Waals surface area contributed by atoms with Crippen LogP contribution in [-0.4, -0.2) is 28.6 Å². The largest absolute Gasteiger partial charge is 0.350 e. The van der Waals surface area contributed by atoms with E-state index in [4.69, 9.17) is 0 Å². The lowest BCUT2D eigenvalue weighted by molar-refractivity contribution is -0.115. The highest BCUT2D eigenvalue weighted by Crippen LogP contribution is 2.23. The number of hydrogen-bond acceptors (Lipinski definition) is 4. The zero-order valence-corrected chi connectivity index (χ0v) is 11.7. The van der Waals surface area contributed by atoms with E-state index in [2.05, 4.69) is 20.8 Å². The number of hydrogen-bond donors (Lipinski definition) is 3. The van der Waals surface area contributed by atoms with Gasteiger partial charge in [0.2, 0.25) is 5.91 Å². The Kier molecular flexibility index (Phi) is 3.69. The van der Waals surface area contributed by atoms with E-state index in [1.165, 1.54) is 12.1 Å². The number of aromatic amines is 1. The number of rotatable bonds is 4. The molecule has 2 aromatic rings. The average Bonchev–Trinajstić information content (AvgIpc) is 2.87. The molecule has 3 N–H and O–H groups in total. The lowest BCUT2D eigenvalue weighted by atomic mass is 10.1. The molecular weight excluding hydrogens is 284 g/mol. The third-order valence-corrected chi connectivity index (χ3v) is 3.41. The normalized spacial score (nSPS) is 12.6. The monoisotopic (exact) mass is 298 g/mol. The molecule has 0 atom stereocenters. The van der Waals surface area contributed by atoms with Crippen molar-refractivity contribution in [3.05, 3.63) is 57.5 Å². The first kappa shape index (κ1) is 14.0. The van der Waals surface area contributed by atoms with Crippen LogP contribution in [0.5, 0.6) is 0 Å². The van der Waals surface area contributed by atoms with Crippen LogP contribution in [0.25, 0.3) is 0 Å². The van der Waals surface area contributed by atoms with E-state index in [0.29, 0.717) is 19.4 Å². The summed E-state index contributed by atoms with van der Waals surface area (Å²) < 4.78 is 0. The number of fused-ring (bicyclic) bond motifs is 1. The van der Waals surface area contributed by atoms with Crippen LogP contribution >= 0.6 is 0 Å². The van der Waals surface area contributed by atoms with Gasteiger partial charge in [0.15, 0.2) is 0 Å². The second-order valence-electron chi connectivity index (χ2n) is 5.03. The first-order chi connectivity index (χ1) is 10.6. The molecule has 0 fully saturated rings. The predicted molar refractivity (Wildman–Crippen MR) is 79.7 cm³/mol. The zero-order chi connectivity index (χ0) is 15.5. The van der Waals surface area contributed by atoms with Crippen molar-refractivity contribution >= 4 is 17.5 Å². The van der Waals surface area contributed by atoms with Gasteiger partial charge in [0.05, 0.1) is 6.42 Å². The second-order valence-corrected chi connectivity index (χ2v) is 5.03. The van der Waals surface area contributed by atoms with Gasteiger partial charge in [-0.2, -0.15) is 5.10 Å². The van der Waals surface area contributed by atoms with Crippen molar-refractivity contribution in [2.75, 3.05) is 11.9 Å². The molecule has 0 spiro atoms. The van der Waals surface area contributed by atoms with Gasteiger partial charge in [-0.25, -0.2) is 5.10 Å². The summed E-state index contributed by atoms with van der Waals surface area (Å²) in [6.07, 6.45) is 1.05. The van der Waals surface area contributed by atoms with Gasteiger partial charge >= 0.3 is 0 Å². The highest BCUT2D eigenvalue weighted by molar-refractivity contribution is 5.99. The quantitative estimate of drug-likeness (QED) is 0.752. The minimum Gasteiger partial charge on any atom is -0.350 e. The summed E-state index contributed by atoms with van der Waals surface area (Å²) in [6, 6.07) is 8.40. The van der Waals surface area contributed by atoms with E-state index in [-0.39, 0.29) is 23.1 Å². The van der Waals surface area contributed by atoms with Crippen molar-refractivity contribution in [1.82, 2.24) is 15.5 Å². The number of nitrogens with zero attached hydrogens (tertiary/aromatic N) is 1. The Morgan fingerprint density at radius 1 is 1.23 bits per heavy atom. The molecule has 1 aromatic heterocycles. The summed E-state index contributed by atoms with van der Waals surface area (Å²) >= 11 is 0. The molecule has 22 heavy (non-hydrogen) atoms. The summed E-state index contributed by atoms with van der Waals surface area (Å²) in [5, 5.41) is 11.4. The molecule has 1 aromatic carbocycles. The summed E-state index contributed by atoms with van der Waals surface area (Å²) in [4.78, 5) is 34.0. The fraction of sp³-hybridized carbons (Fsp3) is 0.200. The Morgan fingerprint density at radius 2 is 2.09 bits per heavy atom. The number of H-pyrrole nitrogens is 1. The van der Waals surface area contributed by atoms with E-state index in [1.54, 1.807) is 0 Å². The Hall–Kier alpha value is -2.96. The lowest BCUT2D eigenvalue weighted by Gasteiger charge is -2.06. The molecule has 0 saturated heterocycles. The number of benzene rings is 1. The van der Waals surface area contributed by atoms with Crippen LogP contribution in [0.3, 0.4) is 0 Å². The minimum atomic E-state index is -0.349. The zero-order valence-electron chi connectivity index (χ0n) is 11.7. The van der Waals surface area contributed by atoms with Crippen molar-refractivity contribution in [2.24, 2.45) is 0 Å². The first-order valence-corrected chi connectivity index (χ1v) is 6.87. The molecule has 2 heterocycles. The maximum atomic E-state index is 11.8. The highest BCUT2D eigenvalue weighted by atomic mass is 16.2. The molecule has 0 saturated carbocycles.